The molecule has 1 nitrogen and oxygen atoms in total. The molecule has 0 aromatic carbocycles. The van der Waals surface area contributed by atoms with E-state index in [1.807, 2.05) is 6.92 Å². The lowest BCUT2D eigenvalue weighted by atomic mass is 9.95. The summed E-state index contributed by atoms with van der Waals surface area (Å²) in [4.78, 5) is 0. The minimum atomic E-state index is -0.727. The van der Waals surface area contributed by atoms with Crippen molar-refractivity contribution in [2.45, 2.75) is 51.0 Å². The molecule has 0 atom stereocenters. The highest BCUT2D eigenvalue weighted by Crippen LogP contribution is 2.26. The monoisotopic (exact) mass is 178 g/mol. The Morgan fingerprint density at radius 1 is 1.23 bits per heavy atom. The van der Waals surface area contributed by atoms with E-state index in [9.17, 15) is 5.11 Å². The van der Waals surface area contributed by atoms with Gasteiger partial charge in [0.25, 0.3) is 0 Å². The van der Waals surface area contributed by atoms with E-state index in [1.165, 1.54) is 12.8 Å². The summed E-state index contributed by atoms with van der Waals surface area (Å²) in [5.74, 6) is 5.83. The Kier molecular flexibility index (Phi) is 3.57. The van der Waals surface area contributed by atoms with Gasteiger partial charge >= 0.3 is 0 Å². The molecule has 0 heterocycles. The Morgan fingerprint density at radius 2 is 1.77 bits per heavy atom. The van der Waals surface area contributed by atoms with E-state index in [0.717, 1.165) is 31.3 Å². The molecule has 0 amide bonds. The van der Waals surface area contributed by atoms with Crippen molar-refractivity contribution in [2.24, 2.45) is 0 Å². The molecule has 13 heavy (non-hydrogen) atoms. The summed E-state index contributed by atoms with van der Waals surface area (Å²) < 4.78 is 0. The molecule has 0 radical (unpaired) electrons. The van der Waals surface area contributed by atoms with Gasteiger partial charge in [-0.05, 0) is 38.2 Å². The highest BCUT2D eigenvalue weighted by Gasteiger charge is 2.24. The number of aliphatic hydroxyl groups is 1. The molecular formula is C12H18O. The van der Waals surface area contributed by atoms with E-state index in [4.69, 9.17) is 0 Å². The molecule has 1 saturated carbocycles. The summed E-state index contributed by atoms with van der Waals surface area (Å²) in [6, 6.07) is 0. The molecule has 0 bridgehead atoms. The second-order valence-electron chi connectivity index (χ2n) is 3.98. The maximum atomic E-state index is 10.1. The van der Waals surface area contributed by atoms with Gasteiger partial charge < -0.3 is 5.11 Å². The Balaban J connectivity index is 2.63. The lowest BCUT2D eigenvalue weighted by Gasteiger charge is -2.19. The van der Waals surface area contributed by atoms with Crippen LogP contribution in [0.15, 0.2) is 12.2 Å². The minimum absolute atomic E-state index is 0.727. The third-order valence-corrected chi connectivity index (χ3v) is 2.44. The predicted octanol–water partition coefficient (Wildman–Crippen LogP) is 2.65. The van der Waals surface area contributed by atoms with Crippen LogP contribution in [0.2, 0.25) is 0 Å². The molecule has 0 unspecified atom stereocenters. The second-order valence-corrected chi connectivity index (χ2v) is 3.98. The van der Waals surface area contributed by atoms with Crippen molar-refractivity contribution in [3.63, 3.8) is 0 Å². The Morgan fingerprint density at radius 3 is 2.23 bits per heavy atom. The van der Waals surface area contributed by atoms with Crippen molar-refractivity contribution in [3.8, 4) is 11.8 Å². The van der Waals surface area contributed by atoms with Crippen molar-refractivity contribution < 1.29 is 5.11 Å². The molecule has 1 rings (SSSR count). The van der Waals surface area contributed by atoms with Gasteiger partial charge in [0.15, 0.2) is 0 Å². The molecular weight excluding hydrogens is 160 g/mol. The first-order valence-electron chi connectivity index (χ1n) is 5.03. The lowest BCUT2D eigenvalue weighted by Crippen LogP contribution is -2.25. The number of allylic oxidation sites excluding steroid dienone is 1. The van der Waals surface area contributed by atoms with E-state index in [-0.39, 0.29) is 0 Å². The average molecular weight is 178 g/mol. The van der Waals surface area contributed by atoms with Crippen molar-refractivity contribution in [1.82, 2.24) is 0 Å². The number of hydrogen-bond donors (Lipinski definition) is 1. The van der Waals surface area contributed by atoms with Gasteiger partial charge in [-0.25, -0.2) is 0 Å². The van der Waals surface area contributed by atoms with Crippen LogP contribution in [0, 0.1) is 11.8 Å². The van der Waals surface area contributed by atoms with Crippen LogP contribution in [0.3, 0.4) is 0 Å². The summed E-state index contributed by atoms with van der Waals surface area (Å²) in [6.07, 6.45) is 6.32. The Labute approximate surface area is 80.9 Å². The summed E-state index contributed by atoms with van der Waals surface area (Å²) >= 11 is 0. The first-order chi connectivity index (χ1) is 6.12. The minimum Gasteiger partial charge on any atom is -0.378 e. The topological polar surface area (TPSA) is 20.2 Å². The zero-order valence-corrected chi connectivity index (χ0v) is 8.40. The van der Waals surface area contributed by atoms with Gasteiger partial charge in [0.1, 0.15) is 5.60 Å². The highest BCUT2D eigenvalue weighted by atomic mass is 16.3. The normalized spacial score (nSPS) is 21.1. The maximum absolute atomic E-state index is 10.1. The SMILES string of the molecule is C=C(C)C#CC1(O)CCCCCC1. The van der Waals surface area contributed by atoms with E-state index < -0.39 is 5.60 Å². The molecule has 1 N–H and O–H groups in total. The standard InChI is InChI=1S/C12H18O/c1-11(2)7-10-12(13)8-5-3-4-6-9-12/h13H,1,3-6,8-9H2,2H3. The summed E-state index contributed by atoms with van der Waals surface area (Å²) in [5.41, 5.74) is 0.104. The van der Waals surface area contributed by atoms with Crippen LogP contribution < -0.4 is 0 Å². The van der Waals surface area contributed by atoms with Gasteiger partial charge in [-0.15, -0.1) is 0 Å². The van der Waals surface area contributed by atoms with E-state index in [0.29, 0.717) is 0 Å². The third kappa shape index (κ3) is 3.65. The fourth-order valence-corrected chi connectivity index (χ4v) is 1.66. The van der Waals surface area contributed by atoms with Crippen molar-refractivity contribution in [1.29, 1.82) is 0 Å². The number of rotatable bonds is 0. The van der Waals surface area contributed by atoms with E-state index in [1.54, 1.807) is 0 Å². The summed E-state index contributed by atoms with van der Waals surface area (Å²) in [6.45, 7) is 5.58. The fraction of sp³-hybridized carbons (Fsp3) is 0.667. The predicted molar refractivity (Wildman–Crippen MR) is 55.2 cm³/mol. The van der Waals surface area contributed by atoms with Gasteiger partial charge in [-0.2, -0.15) is 0 Å². The zero-order chi connectivity index (χ0) is 9.73. The molecule has 1 heteroatoms. The van der Waals surface area contributed by atoms with Crippen LogP contribution in [-0.2, 0) is 0 Å². The van der Waals surface area contributed by atoms with E-state index >= 15 is 0 Å². The maximum Gasteiger partial charge on any atom is 0.125 e. The van der Waals surface area contributed by atoms with Crippen LogP contribution >= 0.6 is 0 Å². The molecule has 72 valence electrons. The number of hydrogen-bond acceptors (Lipinski definition) is 1. The lowest BCUT2D eigenvalue weighted by molar-refractivity contribution is 0.0849. The third-order valence-electron chi connectivity index (χ3n) is 2.44. The van der Waals surface area contributed by atoms with E-state index in [2.05, 4.69) is 18.4 Å². The van der Waals surface area contributed by atoms with Gasteiger partial charge in [0.05, 0.1) is 0 Å². The van der Waals surface area contributed by atoms with Crippen LogP contribution in [-0.4, -0.2) is 10.7 Å². The second kappa shape index (κ2) is 4.48. The van der Waals surface area contributed by atoms with Crippen molar-refractivity contribution in [2.75, 3.05) is 0 Å². The molecule has 0 saturated heterocycles. The first-order valence-corrected chi connectivity index (χ1v) is 5.03. The molecule has 1 aliphatic rings. The molecule has 1 fully saturated rings. The summed E-state index contributed by atoms with van der Waals surface area (Å²) in [5, 5.41) is 10.1. The summed E-state index contributed by atoms with van der Waals surface area (Å²) in [7, 11) is 0. The highest BCUT2D eigenvalue weighted by molar-refractivity contribution is 5.27. The molecule has 1 aliphatic carbocycles. The Bertz CT molecular complexity index is 234. The molecule has 0 aromatic rings. The average Bonchev–Trinajstić information content (AvgIpc) is 2.28. The van der Waals surface area contributed by atoms with Gasteiger partial charge in [-0.3, -0.25) is 0 Å². The smallest absolute Gasteiger partial charge is 0.125 e. The molecule has 0 aromatic heterocycles. The van der Waals surface area contributed by atoms with Gasteiger partial charge in [0, 0.05) is 0 Å². The first kappa shape index (κ1) is 10.3. The van der Waals surface area contributed by atoms with Crippen molar-refractivity contribution in [3.05, 3.63) is 12.2 Å². The fourth-order valence-electron chi connectivity index (χ4n) is 1.66. The van der Waals surface area contributed by atoms with Crippen LogP contribution in [0.25, 0.3) is 0 Å². The zero-order valence-electron chi connectivity index (χ0n) is 8.40. The Hall–Kier alpha value is -0.740. The van der Waals surface area contributed by atoms with Crippen LogP contribution in [0.4, 0.5) is 0 Å². The molecule has 0 aliphatic heterocycles. The quantitative estimate of drug-likeness (QED) is 0.446. The molecule has 0 spiro atoms. The van der Waals surface area contributed by atoms with Gasteiger partial charge in [-0.1, -0.05) is 31.3 Å². The van der Waals surface area contributed by atoms with Crippen molar-refractivity contribution >= 4 is 0 Å². The largest absolute Gasteiger partial charge is 0.378 e. The van der Waals surface area contributed by atoms with Gasteiger partial charge in [0.2, 0.25) is 0 Å². The van der Waals surface area contributed by atoms with Crippen LogP contribution in [0.5, 0.6) is 0 Å². The van der Waals surface area contributed by atoms with Crippen LogP contribution in [0.1, 0.15) is 45.4 Å².